The summed E-state index contributed by atoms with van der Waals surface area (Å²) < 4.78 is 5.62. The molecule has 1 saturated heterocycles. The van der Waals surface area contributed by atoms with E-state index in [0.717, 1.165) is 19.4 Å². The molecular formula is C13H17ClN2O3. The van der Waals surface area contributed by atoms with Crippen LogP contribution in [0.2, 0.25) is 5.02 Å². The van der Waals surface area contributed by atoms with Crippen LogP contribution in [-0.2, 0) is 4.74 Å². The number of hydrogen-bond donors (Lipinski definition) is 0. The minimum Gasteiger partial charge on any atom is -0.377 e. The van der Waals surface area contributed by atoms with Crippen molar-refractivity contribution in [3.63, 3.8) is 0 Å². The Hall–Kier alpha value is -1.33. The molecule has 1 aliphatic heterocycles. The molecule has 19 heavy (non-hydrogen) atoms. The van der Waals surface area contributed by atoms with E-state index in [4.69, 9.17) is 16.3 Å². The second kappa shape index (κ2) is 6.21. The maximum Gasteiger partial charge on any atom is 0.310 e. The van der Waals surface area contributed by atoms with Crippen LogP contribution in [0.4, 0.5) is 11.4 Å². The zero-order chi connectivity index (χ0) is 13.8. The van der Waals surface area contributed by atoms with Crippen molar-refractivity contribution < 1.29 is 9.66 Å². The summed E-state index contributed by atoms with van der Waals surface area (Å²) in [7, 11) is 0. The molecule has 1 aromatic carbocycles. The van der Waals surface area contributed by atoms with Gasteiger partial charge in [0.15, 0.2) is 0 Å². The zero-order valence-corrected chi connectivity index (χ0v) is 11.6. The molecule has 0 amide bonds. The maximum atomic E-state index is 11.2. The predicted octanol–water partition coefficient (Wildman–Crippen LogP) is 3.25. The van der Waals surface area contributed by atoms with Crippen LogP contribution in [0.25, 0.3) is 0 Å². The molecule has 0 bridgehead atoms. The highest BCUT2D eigenvalue weighted by Crippen LogP contribution is 2.36. The molecular weight excluding hydrogens is 268 g/mol. The van der Waals surface area contributed by atoms with Crippen LogP contribution in [0.1, 0.15) is 19.8 Å². The number of rotatable bonds is 4. The van der Waals surface area contributed by atoms with Crippen molar-refractivity contribution in [3.8, 4) is 0 Å². The first kappa shape index (κ1) is 14.1. The molecule has 1 aliphatic rings. The number of nitrogens with zero attached hydrogens (tertiary/aromatic N) is 2. The second-order valence-corrected chi connectivity index (χ2v) is 4.94. The number of hydrogen-bond acceptors (Lipinski definition) is 4. The number of halogens is 1. The molecule has 0 radical (unpaired) electrons. The van der Waals surface area contributed by atoms with Crippen molar-refractivity contribution in [2.24, 2.45) is 0 Å². The topological polar surface area (TPSA) is 55.6 Å². The van der Waals surface area contributed by atoms with Gasteiger partial charge < -0.3 is 9.64 Å². The molecule has 1 aromatic rings. The van der Waals surface area contributed by atoms with Gasteiger partial charge in [-0.25, -0.2) is 0 Å². The monoisotopic (exact) mass is 284 g/mol. The van der Waals surface area contributed by atoms with Crippen LogP contribution < -0.4 is 4.90 Å². The molecule has 104 valence electrons. The molecule has 1 atom stereocenters. The van der Waals surface area contributed by atoms with Crippen molar-refractivity contribution in [2.45, 2.75) is 25.9 Å². The highest BCUT2D eigenvalue weighted by Gasteiger charge is 2.27. The number of anilines is 1. The number of benzene rings is 1. The third-order valence-electron chi connectivity index (χ3n) is 3.27. The van der Waals surface area contributed by atoms with Crippen LogP contribution in [-0.4, -0.2) is 30.7 Å². The summed E-state index contributed by atoms with van der Waals surface area (Å²) in [6.07, 6.45) is 2.10. The fraction of sp³-hybridized carbons (Fsp3) is 0.538. The minimum absolute atomic E-state index is 0.0127. The first-order valence-corrected chi connectivity index (χ1v) is 6.80. The SMILES string of the molecule is CCOC1CCCN(c2cccc(Cl)c2[N+](=O)[O-])C1. The van der Waals surface area contributed by atoms with E-state index in [1.165, 1.54) is 0 Å². The maximum absolute atomic E-state index is 11.2. The van der Waals surface area contributed by atoms with Gasteiger partial charge in [-0.3, -0.25) is 10.1 Å². The molecule has 0 aliphatic carbocycles. The fourth-order valence-electron chi connectivity index (χ4n) is 2.47. The van der Waals surface area contributed by atoms with Gasteiger partial charge in [0.05, 0.1) is 11.0 Å². The van der Waals surface area contributed by atoms with Crippen LogP contribution in [0, 0.1) is 10.1 Å². The number of nitro benzene ring substituents is 1. The quantitative estimate of drug-likeness (QED) is 0.629. The lowest BCUT2D eigenvalue weighted by molar-refractivity contribution is -0.384. The number of ether oxygens (including phenoxy) is 1. The fourth-order valence-corrected chi connectivity index (χ4v) is 2.71. The van der Waals surface area contributed by atoms with Gasteiger partial charge >= 0.3 is 5.69 Å². The first-order chi connectivity index (χ1) is 9.13. The average Bonchev–Trinajstić information content (AvgIpc) is 2.38. The summed E-state index contributed by atoms with van der Waals surface area (Å²) in [5.41, 5.74) is 0.572. The van der Waals surface area contributed by atoms with E-state index in [1.54, 1.807) is 18.2 Å². The predicted molar refractivity (Wildman–Crippen MR) is 75.0 cm³/mol. The normalized spacial score (nSPS) is 19.5. The van der Waals surface area contributed by atoms with Gasteiger partial charge in [0.1, 0.15) is 10.7 Å². The van der Waals surface area contributed by atoms with Gasteiger partial charge in [-0.1, -0.05) is 17.7 Å². The summed E-state index contributed by atoms with van der Waals surface area (Å²) in [5, 5.41) is 11.3. The van der Waals surface area contributed by atoms with Crippen LogP contribution in [0.15, 0.2) is 18.2 Å². The summed E-state index contributed by atoms with van der Waals surface area (Å²) in [6, 6.07) is 5.04. The lowest BCUT2D eigenvalue weighted by atomic mass is 10.1. The van der Waals surface area contributed by atoms with Crippen molar-refractivity contribution in [1.82, 2.24) is 0 Å². The van der Waals surface area contributed by atoms with Crippen LogP contribution in [0.5, 0.6) is 0 Å². The van der Waals surface area contributed by atoms with E-state index >= 15 is 0 Å². The Morgan fingerprint density at radius 3 is 3.05 bits per heavy atom. The summed E-state index contributed by atoms with van der Waals surface area (Å²) >= 11 is 5.94. The third-order valence-corrected chi connectivity index (χ3v) is 3.57. The highest BCUT2D eigenvalue weighted by molar-refractivity contribution is 6.33. The molecule has 1 heterocycles. The summed E-state index contributed by atoms with van der Waals surface area (Å²) in [5.74, 6) is 0. The van der Waals surface area contributed by atoms with E-state index in [2.05, 4.69) is 0 Å². The Labute approximate surface area is 117 Å². The lowest BCUT2D eigenvalue weighted by Crippen LogP contribution is -2.40. The van der Waals surface area contributed by atoms with E-state index in [1.807, 2.05) is 11.8 Å². The van der Waals surface area contributed by atoms with Gasteiger partial charge in [-0.15, -0.1) is 0 Å². The molecule has 1 fully saturated rings. The third kappa shape index (κ3) is 3.16. The standard InChI is InChI=1S/C13H17ClN2O3/c1-2-19-10-5-4-8-15(9-10)12-7-3-6-11(14)13(12)16(17)18/h3,6-7,10H,2,4-5,8-9H2,1H3. The number of piperidine rings is 1. The Balaban J connectivity index is 2.26. The summed E-state index contributed by atoms with van der Waals surface area (Å²) in [6.45, 7) is 4.09. The van der Waals surface area contributed by atoms with E-state index in [0.29, 0.717) is 18.8 Å². The Morgan fingerprint density at radius 2 is 2.37 bits per heavy atom. The summed E-state index contributed by atoms with van der Waals surface area (Å²) in [4.78, 5) is 12.7. The molecule has 2 rings (SSSR count). The lowest BCUT2D eigenvalue weighted by Gasteiger charge is -2.33. The van der Waals surface area contributed by atoms with E-state index in [9.17, 15) is 10.1 Å². The van der Waals surface area contributed by atoms with E-state index in [-0.39, 0.29) is 16.8 Å². The highest BCUT2D eigenvalue weighted by atomic mass is 35.5. The van der Waals surface area contributed by atoms with Gasteiger partial charge in [0, 0.05) is 19.7 Å². The second-order valence-electron chi connectivity index (χ2n) is 4.53. The van der Waals surface area contributed by atoms with Crippen molar-refractivity contribution >= 4 is 23.0 Å². The average molecular weight is 285 g/mol. The molecule has 0 spiro atoms. The largest absolute Gasteiger partial charge is 0.377 e. The van der Waals surface area contributed by atoms with Gasteiger partial charge in [0.2, 0.25) is 0 Å². The Bertz CT molecular complexity index is 465. The molecule has 0 aromatic heterocycles. The van der Waals surface area contributed by atoms with Crippen molar-refractivity contribution in [3.05, 3.63) is 33.3 Å². The molecule has 5 nitrogen and oxygen atoms in total. The van der Waals surface area contributed by atoms with Gasteiger partial charge in [-0.05, 0) is 31.9 Å². The number of para-hydroxylation sites is 1. The Morgan fingerprint density at radius 1 is 1.58 bits per heavy atom. The van der Waals surface area contributed by atoms with Gasteiger partial charge in [0.25, 0.3) is 0 Å². The molecule has 1 unspecified atom stereocenters. The van der Waals surface area contributed by atoms with Gasteiger partial charge in [-0.2, -0.15) is 0 Å². The Kier molecular flexibility index (Phi) is 4.61. The van der Waals surface area contributed by atoms with E-state index < -0.39 is 4.92 Å². The minimum atomic E-state index is -0.415. The number of nitro groups is 1. The molecule has 6 heteroatoms. The zero-order valence-electron chi connectivity index (χ0n) is 10.8. The molecule has 0 saturated carbocycles. The molecule has 0 N–H and O–H groups in total. The van der Waals surface area contributed by atoms with Crippen molar-refractivity contribution in [1.29, 1.82) is 0 Å². The van der Waals surface area contributed by atoms with Crippen molar-refractivity contribution in [2.75, 3.05) is 24.6 Å². The van der Waals surface area contributed by atoms with Crippen LogP contribution >= 0.6 is 11.6 Å². The smallest absolute Gasteiger partial charge is 0.310 e. The van der Waals surface area contributed by atoms with Crippen LogP contribution in [0.3, 0.4) is 0 Å². The first-order valence-electron chi connectivity index (χ1n) is 6.43.